The monoisotopic (exact) mass is 353 g/mol. The van der Waals surface area contributed by atoms with E-state index in [1.54, 1.807) is 37.4 Å². The van der Waals surface area contributed by atoms with Crippen molar-refractivity contribution in [2.24, 2.45) is 7.05 Å². The van der Waals surface area contributed by atoms with Gasteiger partial charge in [-0.25, -0.2) is 4.39 Å². The number of rotatable bonds is 8. The van der Waals surface area contributed by atoms with Gasteiger partial charge in [-0.2, -0.15) is 5.10 Å². The number of allylic oxidation sites excluding steroid dienone is 3. The Morgan fingerprint density at radius 2 is 2.19 bits per heavy atom. The van der Waals surface area contributed by atoms with Gasteiger partial charge in [0.1, 0.15) is 17.8 Å². The first-order valence-electron chi connectivity index (χ1n) is 7.98. The van der Waals surface area contributed by atoms with Crippen molar-refractivity contribution in [1.82, 2.24) is 15.1 Å². The summed E-state index contributed by atoms with van der Waals surface area (Å²) in [5, 5.41) is 6.91. The number of aromatic nitrogens is 2. The maximum Gasteiger partial charge on any atom is 0.255 e. The molecule has 1 heterocycles. The zero-order chi connectivity index (χ0) is 19.1. The summed E-state index contributed by atoms with van der Waals surface area (Å²) in [5.74, 6) is -0.882. The molecule has 0 bridgehead atoms. The van der Waals surface area contributed by atoms with Gasteiger partial charge in [0.25, 0.3) is 5.91 Å². The van der Waals surface area contributed by atoms with E-state index >= 15 is 0 Å². The van der Waals surface area contributed by atoms with Gasteiger partial charge < -0.3 is 10.1 Å². The molecule has 0 saturated carbocycles. The van der Waals surface area contributed by atoms with Gasteiger partial charge in [-0.15, -0.1) is 0 Å². The Bertz CT molecular complexity index is 868. The SMILES string of the molecule is C=C/C=C(\C=C)C[C@@H](C=O)NC(=O)c1cn(C)nc1-c1cccc(F)c1. The van der Waals surface area contributed by atoms with Crippen molar-refractivity contribution in [2.75, 3.05) is 0 Å². The lowest BCUT2D eigenvalue weighted by atomic mass is 10.0. The van der Waals surface area contributed by atoms with Crippen LogP contribution >= 0.6 is 0 Å². The second-order valence-electron chi connectivity index (χ2n) is 5.68. The number of hydrogen-bond donors (Lipinski definition) is 1. The number of nitrogens with zero attached hydrogens (tertiary/aromatic N) is 2. The lowest BCUT2D eigenvalue weighted by Crippen LogP contribution is -2.36. The Morgan fingerprint density at radius 1 is 1.42 bits per heavy atom. The number of nitrogens with one attached hydrogen (secondary N) is 1. The fourth-order valence-electron chi connectivity index (χ4n) is 2.51. The molecule has 2 aromatic rings. The minimum Gasteiger partial charge on any atom is -0.342 e. The van der Waals surface area contributed by atoms with Gasteiger partial charge in [0.05, 0.1) is 11.6 Å². The van der Waals surface area contributed by atoms with Crippen LogP contribution < -0.4 is 5.32 Å². The van der Waals surface area contributed by atoms with Crippen LogP contribution in [0.5, 0.6) is 0 Å². The minimum atomic E-state index is -0.729. The highest BCUT2D eigenvalue weighted by molar-refractivity contribution is 6.00. The molecule has 1 aromatic heterocycles. The zero-order valence-corrected chi connectivity index (χ0v) is 14.5. The average molecular weight is 353 g/mol. The number of carbonyl (C=O) groups is 2. The van der Waals surface area contributed by atoms with Gasteiger partial charge in [0, 0.05) is 18.8 Å². The van der Waals surface area contributed by atoms with Crippen molar-refractivity contribution >= 4 is 12.2 Å². The molecule has 0 aliphatic heterocycles. The summed E-state index contributed by atoms with van der Waals surface area (Å²) in [6, 6.07) is 5.11. The normalized spacial score (nSPS) is 12.3. The van der Waals surface area contributed by atoms with Crippen molar-refractivity contribution in [3.05, 3.63) is 78.8 Å². The quantitative estimate of drug-likeness (QED) is 0.585. The topological polar surface area (TPSA) is 64.0 Å². The largest absolute Gasteiger partial charge is 0.342 e. The molecule has 5 nitrogen and oxygen atoms in total. The van der Waals surface area contributed by atoms with Gasteiger partial charge in [-0.05, 0) is 24.1 Å². The van der Waals surface area contributed by atoms with Crippen LogP contribution in [0, 0.1) is 5.82 Å². The van der Waals surface area contributed by atoms with E-state index in [2.05, 4.69) is 23.6 Å². The molecule has 6 heteroatoms. The van der Waals surface area contributed by atoms with Gasteiger partial charge >= 0.3 is 0 Å². The number of benzene rings is 1. The minimum absolute atomic E-state index is 0.262. The van der Waals surface area contributed by atoms with Crippen molar-refractivity contribution in [2.45, 2.75) is 12.5 Å². The fraction of sp³-hybridized carbons (Fsp3) is 0.150. The van der Waals surface area contributed by atoms with Crippen LogP contribution in [-0.2, 0) is 11.8 Å². The summed E-state index contributed by atoms with van der Waals surface area (Å²) in [6.07, 6.45) is 7.40. The first kappa shape index (κ1) is 19.1. The number of carbonyl (C=O) groups excluding carboxylic acids is 2. The van der Waals surface area contributed by atoms with E-state index in [0.29, 0.717) is 24.0 Å². The van der Waals surface area contributed by atoms with Gasteiger partial charge in [-0.1, -0.05) is 43.5 Å². The fourth-order valence-corrected chi connectivity index (χ4v) is 2.51. The summed E-state index contributed by atoms with van der Waals surface area (Å²) < 4.78 is 15.0. The van der Waals surface area contributed by atoms with E-state index in [4.69, 9.17) is 0 Å². The highest BCUT2D eigenvalue weighted by atomic mass is 19.1. The Hall–Kier alpha value is -3.28. The molecule has 1 atom stereocenters. The smallest absolute Gasteiger partial charge is 0.255 e. The molecule has 26 heavy (non-hydrogen) atoms. The lowest BCUT2D eigenvalue weighted by Gasteiger charge is -2.13. The summed E-state index contributed by atoms with van der Waals surface area (Å²) >= 11 is 0. The first-order valence-corrected chi connectivity index (χ1v) is 7.98. The molecule has 0 unspecified atom stereocenters. The van der Waals surface area contributed by atoms with E-state index in [1.165, 1.54) is 23.0 Å². The van der Waals surface area contributed by atoms with Crippen molar-refractivity contribution < 1.29 is 14.0 Å². The average Bonchev–Trinajstić information content (AvgIpc) is 3.02. The number of aryl methyl sites for hydroxylation is 1. The summed E-state index contributed by atoms with van der Waals surface area (Å²) in [4.78, 5) is 24.0. The summed E-state index contributed by atoms with van der Waals surface area (Å²) in [7, 11) is 1.67. The Kier molecular flexibility index (Phi) is 6.38. The second-order valence-corrected chi connectivity index (χ2v) is 5.68. The number of amides is 1. The van der Waals surface area contributed by atoms with E-state index in [9.17, 15) is 14.0 Å². The van der Waals surface area contributed by atoms with Crippen LogP contribution in [0.4, 0.5) is 4.39 Å². The Morgan fingerprint density at radius 3 is 2.81 bits per heavy atom. The third-order valence-electron chi connectivity index (χ3n) is 3.70. The Labute approximate surface area is 151 Å². The molecule has 0 spiro atoms. The van der Waals surface area contributed by atoms with E-state index < -0.39 is 17.8 Å². The molecule has 0 aliphatic carbocycles. The maximum atomic E-state index is 13.5. The molecule has 134 valence electrons. The highest BCUT2D eigenvalue weighted by Gasteiger charge is 2.20. The number of halogens is 1. The molecule has 0 saturated heterocycles. The second kappa shape index (κ2) is 8.71. The lowest BCUT2D eigenvalue weighted by molar-refractivity contribution is -0.109. The van der Waals surface area contributed by atoms with Crippen LogP contribution in [0.2, 0.25) is 0 Å². The van der Waals surface area contributed by atoms with E-state index in [-0.39, 0.29) is 5.56 Å². The molecular weight excluding hydrogens is 333 g/mol. The predicted molar refractivity (Wildman–Crippen MR) is 99.0 cm³/mol. The van der Waals surface area contributed by atoms with Gasteiger partial charge in [0.15, 0.2) is 0 Å². The summed E-state index contributed by atoms with van der Waals surface area (Å²) in [6.45, 7) is 7.28. The summed E-state index contributed by atoms with van der Waals surface area (Å²) in [5.41, 5.74) is 1.86. The third kappa shape index (κ3) is 4.63. The number of aldehydes is 1. The molecule has 1 aromatic carbocycles. The van der Waals surface area contributed by atoms with Crippen molar-refractivity contribution in [3.63, 3.8) is 0 Å². The molecule has 0 aliphatic rings. The predicted octanol–water partition coefficient (Wildman–Crippen LogP) is 3.21. The third-order valence-corrected chi connectivity index (χ3v) is 3.70. The van der Waals surface area contributed by atoms with Gasteiger partial charge in [-0.3, -0.25) is 9.48 Å². The molecular formula is C20H20FN3O2. The van der Waals surface area contributed by atoms with Crippen LogP contribution in [0.25, 0.3) is 11.3 Å². The number of hydrogen-bond acceptors (Lipinski definition) is 3. The molecule has 0 fully saturated rings. The molecule has 0 radical (unpaired) electrons. The molecule has 1 amide bonds. The Balaban J connectivity index is 2.27. The standard InChI is InChI=1S/C20H20FN3O2/c1-4-7-14(5-2)10-17(13-25)22-20(26)18-12-24(3)23-19(18)15-8-6-9-16(21)11-15/h4-9,11-13,17H,1-2,10H2,3H3,(H,22,26)/b14-7+/t17-/m0/s1. The van der Waals surface area contributed by atoms with Crippen molar-refractivity contribution in [3.8, 4) is 11.3 Å². The van der Waals surface area contributed by atoms with E-state index in [0.717, 1.165) is 5.57 Å². The maximum absolute atomic E-state index is 13.5. The van der Waals surface area contributed by atoms with Crippen LogP contribution in [-0.4, -0.2) is 28.0 Å². The zero-order valence-electron chi connectivity index (χ0n) is 14.5. The van der Waals surface area contributed by atoms with Crippen LogP contribution in [0.15, 0.2) is 67.4 Å². The highest BCUT2D eigenvalue weighted by Crippen LogP contribution is 2.23. The van der Waals surface area contributed by atoms with Crippen molar-refractivity contribution in [1.29, 1.82) is 0 Å². The first-order chi connectivity index (χ1) is 12.5. The van der Waals surface area contributed by atoms with Crippen LogP contribution in [0.1, 0.15) is 16.8 Å². The van der Waals surface area contributed by atoms with Crippen LogP contribution in [0.3, 0.4) is 0 Å². The molecule has 2 rings (SSSR count). The van der Waals surface area contributed by atoms with Gasteiger partial charge in [0.2, 0.25) is 0 Å². The molecule has 1 N–H and O–H groups in total. The van der Waals surface area contributed by atoms with E-state index in [1.807, 2.05) is 0 Å².